The van der Waals surface area contributed by atoms with Crippen molar-refractivity contribution in [1.29, 1.82) is 0 Å². The molecule has 2 rings (SSSR count). The Hall–Kier alpha value is -2.41. The first-order chi connectivity index (χ1) is 12.6. The summed E-state index contributed by atoms with van der Waals surface area (Å²) in [5, 5.41) is 5.27. The molecule has 2 amide bonds. The van der Waals surface area contributed by atoms with Gasteiger partial charge in [-0.3, -0.25) is 9.59 Å². The largest absolute Gasteiger partial charge is 0.492 e. The number of halogens is 2. The number of hydrogen-bond acceptors (Lipinski definition) is 3. The minimum atomic E-state index is -0.570. The molecule has 0 aliphatic rings. The molecule has 0 aromatic heterocycles. The van der Waals surface area contributed by atoms with Gasteiger partial charge in [-0.15, -0.1) is 0 Å². The van der Waals surface area contributed by atoms with E-state index >= 15 is 0 Å². The van der Waals surface area contributed by atoms with Crippen molar-refractivity contribution in [2.45, 2.75) is 12.8 Å². The number of carbonyl (C=O) groups excluding carboxylic acids is 2. The summed E-state index contributed by atoms with van der Waals surface area (Å²) in [6.45, 7) is 0.941. The van der Waals surface area contributed by atoms with Crippen LogP contribution in [0, 0.1) is 5.82 Å². The highest BCUT2D eigenvalue weighted by atomic mass is 79.9. The van der Waals surface area contributed by atoms with Crippen LogP contribution in [0.4, 0.5) is 4.39 Å². The average Bonchev–Trinajstić information content (AvgIpc) is 2.64. The molecule has 0 spiro atoms. The van der Waals surface area contributed by atoms with Crippen LogP contribution < -0.4 is 15.4 Å². The number of amides is 2. The average molecular weight is 423 g/mol. The summed E-state index contributed by atoms with van der Waals surface area (Å²) < 4.78 is 19.9. The van der Waals surface area contributed by atoms with Crippen LogP contribution in [0.25, 0.3) is 0 Å². The fourth-order valence-corrected chi connectivity index (χ4v) is 2.58. The Morgan fingerprint density at radius 3 is 2.46 bits per heavy atom. The normalized spacial score (nSPS) is 10.2. The summed E-state index contributed by atoms with van der Waals surface area (Å²) in [6.07, 6.45) is 0.903. The van der Waals surface area contributed by atoms with Crippen molar-refractivity contribution < 1.29 is 18.7 Å². The number of benzene rings is 2. The van der Waals surface area contributed by atoms with Gasteiger partial charge in [0.2, 0.25) is 5.91 Å². The summed E-state index contributed by atoms with van der Waals surface area (Å²) in [7, 11) is 0. The van der Waals surface area contributed by atoms with E-state index < -0.39 is 11.7 Å². The van der Waals surface area contributed by atoms with Crippen LogP contribution in [0.3, 0.4) is 0 Å². The van der Waals surface area contributed by atoms with Crippen LogP contribution >= 0.6 is 15.9 Å². The third-order valence-corrected chi connectivity index (χ3v) is 4.15. The van der Waals surface area contributed by atoms with Crippen molar-refractivity contribution >= 4 is 27.7 Å². The molecule has 0 radical (unpaired) electrons. The minimum Gasteiger partial charge on any atom is -0.492 e. The fourth-order valence-electron chi connectivity index (χ4n) is 2.18. The second-order valence-corrected chi connectivity index (χ2v) is 6.32. The van der Waals surface area contributed by atoms with E-state index in [4.69, 9.17) is 4.74 Å². The first-order valence-electron chi connectivity index (χ1n) is 8.24. The lowest BCUT2D eigenvalue weighted by atomic mass is 10.2. The molecule has 0 saturated carbocycles. The Bertz CT molecular complexity index is 755. The summed E-state index contributed by atoms with van der Waals surface area (Å²) in [4.78, 5) is 23.5. The minimum absolute atomic E-state index is 0.0111. The molecule has 138 valence electrons. The lowest BCUT2D eigenvalue weighted by Gasteiger charge is -2.09. The Balaban J connectivity index is 1.57. The Labute approximate surface area is 160 Å². The van der Waals surface area contributed by atoms with Gasteiger partial charge >= 0.3 is 0 Å². The van der Waals surface area contributed by atoms with E-state index in [0.29, 0.717) is 19.4 Å². The summed E-state index contributed by atoms with van der Waals surface area (Å²) in [6, 6.07) is 13.3. The molecule has 0 aliphatic heterocycles. The van der Waals surface area contributed by atoms with E-state index in [9.17, 15) is 14.0 Å². The van der Waals surface area contributed by atoms with Crippen molar-refractivity contribution in [3.63, 3.8) is 0 Å². The molecular formula is C19H20BrFN2O3. The Morgan fingerprint density at radius 2 is 1.69 bits per heavy atom. The molecule has 0 bridgehead atoms. The van der Waals surface area contributed by atoms with Crippen LogP contribution in [-0.4, -0.2) is 31.5 Å². The van der Waals surface area contributed by atoms with Crippen molar-refractivity contribution in [2.24, 2.45) is 0 Å². The maximum atomic E-state index is 13.5. The zero-order chi connectivity index (χ0) is 18.8. The van der Waals surface area contributed by atoms with Gasteiger partial charge in [0.05, 0.1) is 16.6 Å². The fraction of sp³-hybridized carbons (Fsp3) is 0.263. The molecule has 0 unspecified atom stereocenters. The molecule has 0 heterocycles. The first kappa shape index (κ1) is 19.9. The molecular weight excluding hydrogens is 403 g/mol. The lowest BCUT2D eigenvalue weighted by molar-refractivity contribution is -0.121. The van der Waals surface area contributed by atoms with Gasteiger partial charge in [0.25, 0.3) is 5.91 Å². The van der Waals surface area contributed by atoms with Gasteiger partial charge in [-0.05, 0) is 46.6 Å². The molecule has 2 N–H and O–H groups in total. The van der Waals surface area contributed by atoms with Crippen molar-refractivity contribution in [1.82, 2.24) is 10.6 Å². The maximum Gasteiger partial charge on any atom is 0.254 e. The molecule has 0 saturated heterocycles. The van der Waals surface area contributed by atoms with E-state index in [1.165, 1.54) is 18.2 Å². The quantitative estimate of drug-likeness (QED) is 0.609. The maximum absolute atomic E-state index is 13.5. The predicted molar refractivity (Wildman–Crippen MR) is 101 cm³/mol. The molecule has 0 atom stereocenters. The number of nitrogens with one attached hydrogen (secondary N) is 2. The highest BCUT2D eigenvalue weighted by molar-refractivity contribution is 9.10. The summed E-state index contributed by atoms with van der Waals surface area (Å²) in [5.74, 6) is -0.456. The van der Waals surface area contributed by atoms with Gasteiger partial charge in [-0.25, -0.2) is 4.39 Å². The number of carbonyl (C=O) groups is 2. The van der Waals surface area contributed by atoms with E-state index in [-0.39, 0.29) is 24.6 Å². The molecule has 0 aliphatic carbocycles. The highest BCUT2D eigenvalue weighted by Gasteiger charge is 2.10. The molecule has 5 nitrogen and oxygen atoms in total. The van der Waals surface area contributed by atoms with Gasteiger partial charge in [0.15, 0.2) is 0 Å². The van der Waals surface area contributed by atoms with Crippen LogP contribution in [0.1, 0.15) is 23.2 Å². The third-order valence-electron chi connectivity index (χ3n) is 3.49. The van der Waals surface area contributed by atoms with Gasteiger partial charge in [0.1, 0.15) is 11.6 Å². The highest BCUT2D eigenvalue weighted by Crippen LogP contribution is 2.23. The first-order valence-corrected chi connectivity index (χ1v) is 9.04. The number of ether oxygens (including phenoxy) is 1. The zero-order valence-electron chi connectivity index (χ0n) is 14.1. The van der Waals surface area contributed by atoms with Crippen LogP contribution in [-0.2, 0) is 4.79 Å². The van der Waals surface area contributed by atoms with E-state index in [0.717, 1.165) is 10.2 Å². The SMILES string of the molecule is O=C(CCCOc1ccccc1Br)NCCNC(=O)c1ccccc1F. The van der Waals surface area contributed by atoms with Gasteiger partial charge < -0.3 is 15.4 Å². The van der Waals surface area contributed by atoms with Crippen LogP contribution in [0.15, 0.2) is 53.0 Å². The van der Waals surface area contributed by atoms with Gasteiger partial charge in [-0.1, -0.05) is 24.3 Å². The molecule has 2 aromatic carbocycles. The molecule has 26 heavy (non-hydrogen) atoms. The third kappa shape index (κ3) is 6.48. The Kier molecular flexibility index (Phi) is 8.08. The van der Waals surface area contributed by atoms with Gasteiger partial charge in [-0.2, -0.15) is 0 Å². The summed E-state index contributed by atoms with van der Waals surface area (Å²) in [5.41, 5.74) is -0.0111. The molecule has 0 fully saturated rings. The standard InChI is InChI=1S/C19H20BrFN2O3/c20-15-7-2-4-9-17(15)26-13-5-10-18(24)22-11-12-23-19(25)14-6-1-3-8-16(14)21/h1-4,6-9H,5,10-13H2,(H,22,24)(H,23,25). The Morgan fingerprint density at radius 1 is 1.00 bits per heavy atom. The lowest BCUT2D eigenvalue weighted by Crippen LogP contribution is -2.35. The number of hydrogen-bond donors (Lipinski definition) is 2. The molecule has 7 heteroatoms. The van der Waals surface area contributed by atoms with E-state index in [1.807, 2.05) is 24.3 Å². The van der Waals surface area contributed by atoms with Crippen LogP contribution in [0.5, 0.6) is 5.75 Å². The number of para-hydroxylation sites is 1. The van der Waals surface area contributed by atoms with Crippen LogP contribution in [0.2, 0.25) is 0 Å². The smallest absolute Gasteiger partial charge is 0.254 e. The van der Waals surface area contributed by atoms with Crippen molar-refractivity contribution in [3.8, 4) is 5.75 Å². The summed E-state index contributed by atoms with van der Waals surface area (Å²) >= 11 is 3.39. The predicted octanol–water partition coefficient (Wildman–Crippen LogP) is 3.29. The van der Waals surface area contributed by atoms with Crippen molar-refractivity contribution in [2.75, 3.05) is 19.7 Å². The van der Waals surface area contributed by atoms with Gasteiger partial charge in [0, 0.05) is 19.5 Å². The second-order valence-electron chi connectivity index (χ2n) is 5.47. The van der Waals surface area contributed by atoms with Crippen molar-refractivity contribution in [3.05, 3.63) is 64.4 Å². The zero-order valence-corrected chi connectivity index (χ0v) is 15.7. The second kappa shape index (κ2) is 10.6. The topological polar surface area (TPSA) is 67.4 Å². The number of rotatable bonds is 9. The monoisotopic (exact) mass is 422 g/mol. The van der Waals surface area contributed by atoms with E-state index in [1.54, 1.807) is 6.07 Å². The van der Waals surface area contributed by atoms with E-state index in [2.05, 4.69) is 26.6 Å². The molecule has 2 aromatic rings.